The molecule has 48 heavy (non-hydrogen) atoms. The molecule has 0 aliphatic heterocycles. The molecule has 0 saturated carbocycles. The number of hydrogen-bond acceptors (Lipinski definition) is 8. The zero-order chi connectivity index (χ0) is 37.0. The van der Waals surface area contributed by atoms with Crippen molar-refractivity contribution < 1.29 is 92.9 Å². The number of ether oxygens (including phenoxy) is 2. The third kappa shape index (κ3) is 8.86. The van der Waals surface area contributed by atoms with E-state index in [0.717, 1.165) is 31.4 Å². The van der Waals surface area contributed by atoms with E-state index in [1.807, 2.05) is 0 Å². The molecule has 0 aromatic heterocycles. The minimum absolute atomic E-state index is 0.0790. The number of benzene rings is 2. The van der Waals surface area contributed by atoms with E-state index in [0.29, 0.717) is 12.1 Å². The fourth-order valence-corrected chi connectivity index (χ4v) is 3.84. The van der Waals surface area contributed by atoms with Gasteiger partial charge in [0.25, 0.3) is 0 Å². The fourth-order valence-electron chi connectivity index (χ4n) is 3.14. The van der Waals surface area contributed by atoms with Gasteiger partial charge in [-0.25, -0.2) is 0 Å². The maximum atomic E-state index is 13.7. The lowest BCUT2D eigenvalue weighted by molar-refractivity contribution is -0.382. The first-order valence-corrected chi connectivity index (χ1v) is 13.5. The molecule has 270 valence electrons. The van der Waals surface area contributed by atoms with Gasteiger partial charge in [0, 0.05) is 17.5 Å². The van der Waals surface area contributed by atoms with Crippen molar-refractivity contribution in [3.63, 3.8) is 0 Å². The Morgan fingerprint density at radius 2 is 0.979 bits per heavy atom. The van der Waals surface area contributed by atoms with Gasteiger partial charge in [-0.05, 0) is 48.5 Å². The predicted octanol–water partition coefficient (Wildman–Crippen LogP) is 7.49. The summed E-state index contributed by atoms with van der Waals surface area (Å²) in [6.07, 6.45) is -18.0. The molecule has 0 spiro atoms. The van der Waals surface area contributed by atoms with Gasteiger partial charge in [-0.15, -0.1) is 0 Å². The van der Waals surface area contributed by atoms with Crippen LogP contribution in [0, 0.1) is 0 Å². The third-order valence-corrected chi connectivity index (χ3v) is 6.61. The molecular formula is C24H17F15N2O6S. The van der Waals surface area contributed by atoms with Gasteiger partial charge in [0.1, 0.15) is 18.6 Å². The molecule has 0 radical (unpaired) electrons. The van der Waals surface area contributed by atoms with Crippen LogP contribution in [0.2, 0.25) is 0 Å². The summed E-state index contributed by atoms with van der Waals surface area (Å²) in [5.41, 5.74) is -5.35. The van der Waals surface area contributed by atoms with Crippen LogP contribution < -0.4 is 9.47 Å². The number of hydrogen-bond donors (Lipinski definition) is 0. The Hall–Kier alpha value is -4.12. The van der Waals surface area contributed by atoms with E-state index in [4.69, 9.17) is 9.47 Å². The van der Waals surface area contributed by atoms with Crippen LogP contribution in [-0.2, 0) is 19.2 Å². The summed E-state index contributed by atoms with van der Waals surface area (Å²) in [6, 6.07) is 6.96. The summed E-state index contributed by atoms with van der Waals surface area (Å²) in [5.74, 6) is -15.5. The SMILES string of the molecule is CO/N=C(/c1ccc(OCCCOc2ccc(/C(=N/OS(=O)(=O)C(F)(F)C(F)(F)C(F)(F)C(F)(F)F)C(F)(F)F)cc2)cc1)C(F)(F)F. The van der Waals surface area contributed by atoms with Crippen LogP contribution in [0.4, 0.5) is 65.9 Å². The Labute approximate surface area is 258 Å². The van der Waals surface area contributed by atoms with Crippen molar-refractivity contribution in [2.75, 3.05) is 20.3 Å². The van der Waals surface area contributed by atoms with Crippen LogP contribution >= 0.6 is 0 Å². The van der Waals surface area contributed by atoms with Gasteiger partial charge in [0.15, 0.2) is 11.4 Å². The lowest BCUT2D eigenvalue weighted by Crippen LogP contribution is -2.63. The zero-order valence-electron chi connectivity index (χ0n) is 23.2. The molecule has 2 aromatic carbocycles. The number of alkyl halides is 15. The summed E-state index contributed by atoms with van der Waals surface area (Å²) in [6.45, 7) is -0.283. The van der Waals surface area contributed by atoms with E-state index in [9.17, 15) is 74.3 Å². The van der Waals surface area contributed by atoms with Crippen LogP contribution in [0.3, 0.4) is 0 Å². The van der Waals surface area contributed by atoms with E-state index >= 15 is 0 Å². The van der Waals surface area contributed by atoms with Crippen molar-refractivity contribution >= 4 is 21.5 Å². The zero-order valence-corrected chi connectivity index (χ0v) is 24.0. The minimum Gasteiger partial charge on any atom is -0.493 e. The molecule has 0 amide bonds. The van der Waals surface area contributed by atoms with E-state index in [2.05, 4.69) is 14.3 Å². The largest absolute Gasteiger partial charge is 0.493 e. The smallest absolute Gasteiger partial charge is 0.460 e. The summed E-state index contributed by atoms with van der Waals surface area (Å²) in [4.78, 5) is 4.18. The monoisotopic (exact) mass is 746 g/mol. The highest BCUT2D eigenvalue weighted by molar-refractivity contribution is 7.87. The molecule has 2 rings (SSSR count). The highest BCUT2D eigenvalue weighted by Gasteiger charge is 2.86. The standard InChI is InChI=1S/C24H17F15N2O6S/c1-44-40-17(19(25,26)27)13-3-7-15(8-4-13)45-11-2-12-46-16-9-5-14(6-10-16)18(20(28,29)30)41-47-48(42,43)24(38,39)22(33,34)21(31,32)23(35,36)37/h3-10H,2,11-12H2,1H3/b40-17-,41-18-. The second-order valence-corrected chi connectivity index (χ2v) is 10.4. The Kier molecular flexibility index (Phi) is 11.8. The molecule has 2 aromatic rings. The number of halogens is 15. The molecule has 0 saturated heterocycles. The van der Waals surface area contributed by atoms with E-state index < -0.39 is 62.7 Å². The molecular weight excluding hydrogens is 729 g/mol. The minimum atomic E-state index is -7.76. The first-order valence-electron chi connectivity index (χ1n) is 12.1. The Balaban J connectivity index is 2.08. The first-order chi connectivity index (χ1) is 21.7. The molecule has 0 aliphatic carbocycles. The van der Waals surface area contributed by atoms with Crippen molar-refractivity contribution in [3.05, 3.63) is 59.7 Å². The van der Waals surface area contributed by atoms with Gasteiger partial charge in [-0.3, -0.25) is 4.28 Å². The quantitative estimate of drug-likeness (QED) is 0.0862. The van der Waals surface area contributed by atoms with Crippen molar-refractivity contribution in [3.8, 4) is 11.5 Å². The summed E-state index contributed by atoms with van der Waals surface area (Å²) >= 11 is 0. The van der Waals surface area contributed by atoms with Gasteiger partial charge in [-0.2, -0.15) is 74.3 Å². The summed E-state index contributed by atoms with van der Waals surface area (Å²) in [5, 5.41) is -2.74. The second kappa shape index (κ2) is 14.2. The van der Waals surface area contributed by atoms with Gasteiger partial charge in [0.2, 0.25) is 0 Å². The molecule has 0 aliphatic rings. The molecule has 24 heteroatoms. The molecule has 0 heterocycles. The third-order valence-electron chi connectivity index (χ3n) is 5.46. The maximum absolute atomic E-state index is 13.7. The van der Waals surface area contributed by atoms with Gasteiger partial charge >= 0.3 is 45.7 Å². The molecule has 0 atom stereocenters. The van der Waals surface area contributed by atoms with Gasteiger partial charge in [0.05, 0.1) is 13.2 Å². The normalized spacial score (nSPS) is 14.5. The lowest BCUT2D eigenvalue weighted by Gasteiger charge is -2.31. The van der Waals surface area contributed by atoms with Crippen LogP contribution in [0.1, 0.15) is 17.5 Å². The first kappa shape index (κ1) is 40.1. The van der Waals surface area contributed by atoms with Crippen molar-refractivity contribution in [1.29, 1.82) is 0 Å². The van der Waals surface area contributed by atoms with Crippen LogP contribution in [0.25, 0.3) is 0 Å². The number of nitrogens with zero attached hydrogens (tertiary/aromatic N) is 2. The Bertz CT molecular complexity index is 1550. The second-order valence-electron chi connectivity index (χ2n) is 8.85. The molecule has 0 bridgehead atoms. The maximum Gasteiger partial charge on any atom is 0.460 e. The highest BCUT2D eigenvalue weighted by Crippen LogP contribution is 2.55. The number of oxime groups is 2. The van der Waals surface area contributed by atoms with E-state index in [1.165, 1.54) is 12.1 Å². The van der Waals surface area contributed by atoms with E-state index in [1.54, 1.807) is 5.16 Å². The molecule has 0 fully saturated rings. The Morgan fingerprint density at radius 1 is 0.604 bits per heavy atom. The predicted molar refractivity (Wildman–Crippen MR) is 132 cm³/mol. The van der Waals surface area contributed by atoms with Crippen LogP contribution in [0.5, 0.6) is 11.5 Å². The van der Waals surface area contributed by atoms with Crippen LogP contribution in [-0.4, -0.2) is 75.8 Å². The van der Waals surface area contributed by atoms with Crippen molar-refractivity contribution in [2.45, 2.75) is 42.0 Å². The average molecular weight is 746 g/mol. The molecule has 8 nitrogen and oxygen atoms in total. The topological polar surface area (TPSA) is 95.8 Å². The Morgan fingerprint density at radius 3 is 1.31 bits per heavy atom. The fraction of sp³-hybridized carbons (Fsp3) is 0.417. The lowest BCUT2D eigenvalue weighted by atomic mass is 10.1. The van der Waals surface area contributed by atoms with Gasteiger partial charge in [-0.1, -0.05) is 10.3 Å². The van der Waals surface area contributed by atoms with Crippen molar-refractivity contribution in [1.82, 2.24) is 0 Å². The molecule has 0 N–H and O–H groups in total. The number of rotatable bonds is 14. The highest BCUT2D eigenvalue weighted by atomic mass is 32.2. The van der Waals surface area contributed by atoms with Crippen molar-refractivity contribution in [2.24, 2.45) is 10.3 Å². The molecule has 0 unspecified atom stereocenters. The van der Waals surface area contributed by atoms with Gasteiger partial charge < -0.3 is 14.3 Å². The summed E-state index contributed by atoms with van der Waals surface area (Å²) in [7, 11) is -6.81. The summed E-state index contributed by atoms with van der Waals surface area (Å²) < 4.78 is 232. The average Bonchev–Trinajstić information content (AvgIpc) is 2.94. The van der Waals surface area contributed by atoms with E-state index in [-0.39, 0.29) is 36.7 Å². The van der Waals surface area contributed by atoms with Crippen LogP contribution in [0.15, 0.2) is 58.8 Å².